The molecule has 0 spiro atoms. The second-order valence-corrected chi connectivity index (χ2v) is 31.2. The van der Waals surface area contributed by atoms with Crippen molar-refractivity contribution in [1.82, 2.24) is 95.7 Å². The summed E-state index contributed by atoms with van der Waals surface area (Å²) < 4.78 is 0. The van der Waals surface area contributed by atoms with Crippen molar-refractivity contribution in [3.8, 4) is 0 Å². The Balaban J connectivity index is 3.13. The molecule has 0 saturated heterocycles. The van der Waals surface area contributed by atoms with Gasteiger partial charge in [0.05, 0.1) is 57.7 Å². The first-order valence-corrected chi connectivity index (χ1v) is 41.4. The van der Waals surface area contributed by atoms with Gasteiger partial charge in [-0.2, -0.15) is 0 Å². The molecule has 0 radical (unpaired) electrons. The number of carboxylic acids is 2. The van der Waals surface area contributed by atoms with E-state index in [1.165, 1.54) is 27.7 Å². The molecule has 128 heavy (non-hydrogen) atoms. The number of carbonyl (C=O) groups is 22. The SMILES string of the molecule is CC[C@H](C)[C@H](NC(=O)CNC(=O)[C@H](CC(C)C)NC(=O)[C@H](CC(N)=O)NC(=O)[C@H](C)NC(=O)[C@@H](NC(=O)[C@H](CC(N)=O)NC(=O)[C@H](Cc1ccccc1)NC(=O)[C@H](CCCCN)NC(=O)[C@@H](N)CO)[C@@H](C)O)C(=O)N[C@@H](C)C(=O)NCC(=O)N[C@@H](C)C(=O)NCC(=O)N[C@@H](CC(=O)O)C(=O)N[C@H](C(=O)N[C@@H](CCCCN)C(=O)N[C@H](C(=O)NCC(=O)O)[C@@H](C)O)C(C)C. The Morgan fingerprint density at radius 3 is 1.17 bits per heavy atom. The lowest BCUT2D eigenvalue weighted by Gasteiger charge is -2.28. The number of amides is 20. The summed E-state index contributed by atoms with van der Waals surface area (Å²) in [6, 6.07) is -15.7. The Labute approximate surface area is 738 Å². The number of nitrogens with one attached hydrogen (secondary N) is 18. The first-order chi connectivity index (χ1) is 59.9. The number of hydrogen-bond donors (Lipinski definition) is 28. The van der Waals surface area contributed by atoms with Gasteiger partial charge in [0.25, 0.3) is 0 Å². The minimum absolute atomic E-state index is 0.00827. The van der Waals surface area contributed by atoms with Gasteiger partial charge in [-0.3, -0.25) is 105 Å². The zero-order valence-electron chi connectivity index (χ0n) is 73.5. The van der Waals surface area contributed by atoms with E-state index in [9.17, 15) is 126 Å². The number of primary amides is 2. The van der Waals surface area contributed by atoms with Crippen molar-refractivity contribution < 1.29 is 131 Å². The fourth-order valence-electron chi connectivity index (χ4n) is 11.8. The van der Waals surface area contributed by atoms with Crippen molar-refractivity contribution in [3.63, 3.8) is 0 Å². The molecule has 1 aromatic rings. The third-order valence-electron chi connectivity index (χ3n) is 19.2. The largest absolute Gasteiger partial charge is 0.481 e. The molecule has 1 rings (SSSR count). The van der Waals surface area contributed by atoms with Gasteiger partial charge in [-0.05, 0) is 116 Å². The summed E-state index contributed by atoms with van der Waals surface area (Å²) in [5, 5.41) is 90.7. The van der Waals surface area contributed by atoms with Crippen LogP contribution in [0, 0.1) is 17.8 Å². The van der Waals surface area contributed by atoms with Crippen LogP contribution in [0.4, 0.5) is 0 Å². The van der Waals surface area contributed by atoms with Crippen molar-refractivity contribution >= 4 is 130 Å². The molecular formula is C78H129N23O27. The minimum Gasteiger partial charge on any atom is -0.481 e. The van der Waals surface area contributed by atoms with Crippen molar-refractivity contribution in [3.05, 3.63) is 35.9 Å². The van der Waals surface area contributed by atoms with Crippen molar-refractivity contribution in [1.29, 1.82) is 0 Å². The number of aliphatic hydroxyl groups is 3. The molecule has 0 aliphatic carbocycles. The normalized spacial score (nSPS) is 15.3. The molecule has 0 aliphatic rings. The monoisotopic (exact) mass is 1820 g/mol. The number of aliphatic carboxylic acids is 2. The quantitative estimate of drug-likeness (QED) is 0.0269. The highest BCUT2D eigenvalue weighted by Gasteiger charge is 2.40. The maximum absolute atomic E-state index is 14.2. The summed E-state index contributed by atoms with van der Waals surface area (Å²) in [6.45, 7) is 11.4. The number of rotatable bonds is 61. The zero-order chi connectivity index (χ0) is 97.5. The molecule has 18 atom stereocenters. The van der Waals surface area contributed by atoms with Crippen LogP contribution in [0.2, 0.25) is 0 Å². The average molecular weight is 1820 g/mol. The second-order valence-electron chi connectivity index (χ2n) is 31.2. The van der Waals surface area contributed by atoms with Crippen LogP contribution in [0.1, 0.15) is 152 Å². The molecule has 0 aliphatic heterocycles. The standard InChI is InChI=1S/C78H129N23O27/c1-12-38(6)61(77(127)89-40(8)65(115)84-31-55(107)88-39(7)64(114)85-32-56(108)91-52(30-58(110)111)74(124)99-60(37(4)5)76(126)93-47(23-17-19-25-80)70(120)100-62(42(10)103)75(125)87-34-59(112)113)98-57(109)33-86-68(118)48(26-36(2)3)95-72(122)50(28-53(82)105)94-66(116)41(9)90-78(128)63(43(11)104)101-73(123)51(29-54(83)106)97-71(121)49(27-44-20-14-13-15-21-44)96-69(119)46(22-16-18-24-79)92-67(117)45(81)35-102/h13-15,20-21,36-43,45-52,60-63,102-104H,12,16-19,22-35,79-81H2,1-11H3,(H2,82,105)(H2,83,106)(H,84,115)(H,85,114)(H,86,118)(H,87,125)(H,88,107)(H,89,127)(H,90,128)(H,91,108)(H,92,117)(H,93,126)(H,94,116)(H,95,122)(H,96,119)(H,97,121)(H,98,109)(H,99,124)(H,100,120)(H,101,123)(H,110,111)(H,112,113)/t38-,39-,40-,41-,42+,43+,45-,46-,47-,48-,49-,50-,51-,52-,60-,61-,62-,63-/m0/s1. The van der Waals surface area contributed by atoms with E-state index in [0.717, 1.165) is 20.8 Å². The fraction of sp³-hybridized carbons (Fsp3) is 0.641. The molecule has 20 amide bonds. The van der Waals surface area contributed by atoms with Gasteiger partial charge in [0.2, 0.25) is 118 Å². The van der Waals surface area contributed by atoms with E-state index in [0.29, 0.717) is 24.8 Å². The van der Waals surface area contributed by atoms with Crippen LogP contribution < -0.4 is 124 Å². The van der Waals surface area contributed by atoms with Gasteiger partial charge in [-0.1, -0.05) is 78.3 Å². The molecule has 50 heteroatoms. The predicted octanol–water partition coefficient (Wildman–Crippen LogP) is -12.1. The highest BCUT2D eigenvalue weighted by Crippen LogP contribution is 2.14. The van der Waals surface area contributed by atoms with Gasteiger partial charge >= 0.3 is 11.9 Å². The molecule has 50 nitrogen and oxygen atoms in total. The van der Waals surface area contributed by atoms with Crippen molar-refractivity contribution in [2.24, 2.45) is 46.4 Å². The number of benzene rings is 1. The maximum Gasteiger partial charge on any atom is 0.322 e. The maximum atomic E-state index is 14.2. The Bertz CT molecular complexity index is 3990. The Morgan fingerprint density at radius 2 is 0.719 bits per heavy atom. The van der Waals surface area contributed by atoms with Crippen molar-refractivity contribution in [2.75, 3.05) is 45.9 Å². The smallest absolute Gasteiger partial charge is 0.322 e. The molecule has 0 unspecified atom stereocenters. The van der Waals surface area contributed by atoms with E-state index >= 15 is 0 Å². The molecule has 0 bridgehead atoms. The van der Waals surface area contributed by atoms with Crippen LogP contribution in [0.3, 0.4) is 0 Å². The highest BCUT2D eigenvalue weighted by molar-refractivity contribution is 6.02. The first kappa shape index (κ1) is 113. The van der Waals surface area contributed by atoms with Gasteiger partial charge in [0.15, 0.2) is 0 Å². The molecule has 0 aromatic heterocycles. The lowest BCUT2D eigenvalue weighted by molar-refractivity contribution is -0.141. The van der Waals surface area contributed by atoms with E-state index < -0.39 is 297 Å². The Morgan fingerprint density at radius 1 is 0.352 bits per heavy atom. The van der Waals surface area contributed by atoms with Crippen LogP contribution in [-0.2, 0) is 112 Å². The number of nitrogens with two attached hydrogens (primary N) is 5. The molecule has 718 valence electrons. The second kappa shape index (κ2) is 58.6. The molecule has 33 N–H and O–H groups in total. The van der Waals surface area contributed by atoms with Crippen LogP contribution in [0.25, 0.3) is 0 Å². The van der Waals surface area contributed by atoms with Crippen molar-refractivity contribution in [2.45, 2.75) is 256 Å². The number of unbranched alkanes of at least 4 members (excludes halogenated alkanes) is 2. The summed E-state index contributed by atoms with van der Waals surface area (Å²) >= 11 is 0. The summed E-state index contributed by atoms with van der Waals surface area (Å²) in [6.07, 6.45) is -5.04. The summed E-state index contributed by atoms with van der Waals surface area (Å²) in [4.78, 5) is 291. The van der Waals surface area contributed by atoms with Gasteiger partial charge in [-0.15, -0.1) is 0 Å². The van der Waals surface area contributed by atoms with Crippen LogP contribution in [0.5, 0.6) is 0 Å². The average Bonchev–Trinajstić information content (AvgIpc) is 0.845. The van der Waals surface area contributed by atoms with Gasteiger partial charge in [0, 0.05) is 6.42 Å². The molecule has 0 saturated carbocycles. The van der Waals surface area contributed by atoms with E-state index in [4.69, 9.17) is 33.8 Å². The summed E-state index contributed by atoms with van der Waals surface area (Å²) in [5.74, 6) is -26.0. The topological polar surface area (TPSA) is 823 Å². The lowest BCUT2D eigenvalue weighted by Crippen LogP contribution is -2.62. The number of carboxylic acid groups (broad SMARTS) is 2. The zero-order valence-corrected chi connectivity index (χ0v) is 73.5. The molecule has 1 aromatic carbocycles. The van der Waals surface area contributed by atoms with Gasteiger partial charge in [-0.25, -0.2) is 0 Å². The molecule has 0 heterocycles. The van der Waals surface area contributed by atoms with E-state index in [-0.39, 0.29) is 57.5 Å². The van der Waals surface area contributed by atoms with Gasteiger partial charge in [0.1, 0.15) is 97.2 Å². The van der Waals surface area contributed by atoms with E-state index in [1.807, 2.05) is 5.32 Å². The number of carbonyl (C=O) groups excluding carboxylic acids is 20. The Hall–Kier alpha value is -12.7. The first-order valence-electron chi connectivity index (χ1n) is 41.4. The third-order valence-corrected chi connectivity index (χ3v) is 19.2. The van der Waals surface area contributed by atoms with Gasteiger partial charge < -0.3 is 150 Å². The number of aliphatic hydroxyl groups excluding tert-OH is 3. The van der Waals surface area contributed by atoms with Crippen LogP contribution in [0.15, 0.2) is 30.3 Å². The minimum atomic E-state index is -1.97. The predicted molar refractivity (Wildman–Crippen MR) is 452 cm³/mol. The third kappa shape index (κ3) is 43.5. The number of hydrogen-bond acceptors (Lipinski definition) is 28. The lowest BCUT2D eigenvalue weighted by atomic mass is 9.98. The van der Waals surface area contributed by atoms with E-state index in [1.54, 1.807) is 58.0 Å². The Kier molecular flexibility index (Phi) is 51.9. The highest BCUT2D eigenvalue weighted by atomic mass is 16.4. The molecule has 0 fully saturated rings. The van der Waals surface area contributed by atoms with Crippen LogP contribution in [-0.4, -0.2) is 304 Å². The summed E-state index contributed by atoms with van der Waals surface area (Å²) in [7, 11) is 0. The molecular weight excluding hydrogens is 1690 g/mol. The summed E-state index contributed by atoms with van der Waals surface area (Å²) in [5.41, 5.74) is 28.3. The van der Waals surface area contributed by atoms with Crippen LogP contribution >= 0.6 is 0 Å². The van der Waals surface area contributed by atoms with E-state index in [2.05, 4.69) is 90.4 Å². The fourth-order valence-corrected chi connectivity index (χ4v) is 11.8.